The third-order valence-corrected chi connectivity index (χ3v) is 4.66. The van der Waals surface area contributed by atoms with Crippen LogP contribution in [0.25, 0.3) is 4.96 Å². The third-order valence-electron chi connectivity index (χ3n) is 3.76. The normalized spacial score (nSPS) is 11.1. The van der Waals surface area contributed by atoms with Crippen LogP contribution in [-0.4, -0.2) is 32.2 Å². The Morgan fingerprint density at radius 1 is 1.39 bits per heavy atom. The van der Waals surface area contributed by atoms with Crippen LogP contribution in [0.5, 0.6) is 0 Å². The largest absolute Gasteiger partial charge is 0.364 e. The highest BCUT2D eigenvalue weighted by Crippen LogP contribution is 2.21. The number of carbonyl (C=O) groups is 1. The van der Waals surface area contributed by atoms with Gasteiger partial charge in [-0.15, -0.1) is 11.3 Å². The summed E-state index contributed by atoms with van der Waals surface area (Å²) in [5.74, 6) is -0.299. The van der Waals surface area contributed by atoms with Crippen LogP contribution in [0.4, 0.5) is 0 Å². The minimum atomic E-state index is -0.299. The molecule has 6 nitrogen and oxygen atoms in total. The molecule has 0 aliphatic rings. The van der Waals surface area contributed by atoms with E-state index in [0.717, 1.165) is 26.9 Å². The number of aromatic nitrogens is 3. The topological polar surface area (TPSA) is 70.5 Å². The first-order chi connectivity index (χ1) is 10.9. The van der Waals surface area contributed by atoms with Gasteiger partial charge < -0.3 is 9.88 Å². The molecule has 0 atom stereocenters. The molecule has 120 valence electrons. The summed E-state index contributed by atoms with van der Waals surface area (Å²) in [5, 5.41) is 0. The first-order valence-corrected chi connectivity index (χ1v) is 8.07. The van der Waals surface area contributed by atoms with Crippen molar-refractivity contribution in [3.8, 4) is 0 Å². The lowest BCUT2D eigenvalue weighted by atomic mass is 10.2. The first kappa shape index (κ1) is 15.5. The molecule has 0 saturated heterocycles. The van der Waals surface area contributed by atoms with Gasteiger partial charge in [-0.2, -0.15) is 0 Å². The van der Waals surface area contributed by atoms with E-state index in [1.807, 2.05) is 24.4 Å². The number of nitrogens with one attached hydrogen (secondary N) is 1. The maximum Gasteiger partial charge on any atom is 0.259 e. The Morgan fingerprint density at radius 2 is 2.13 bits per heavy atom. The lowest BCUT2D eigenvalue weighted by molar-refractivity contribution is 0.0781. The summed E-state index contributed by atoms with van der Waals surface area (Å²) in [4.78, 5) is 35.6. The summed E-state index contributed by atoms with van der Waals surface area (Å²) in [6, 6.07) is 1.44. The number of aromatic amines is 1. The molecule has 3 aromatic heterocycles. The predicted octanol–water partition coefficient (Wildman–Crippen LogP) is 2.28. The summed E-state index contributed by atoms with van der Waals surface area (Å²) in [7, 11) is 1.69. The second-order valence-electron chi connectivity index (χ2n) is 5.69. The number of hydrogen-bond donors (Lipinski definition) is 1. The molecule has 0 aliphatic heterocycles. The van der Waals surface area contributed by atoms with Crippen LogP contribution in [0.3, 0.4) is 0 Å². The molecule has 0 spiro atoms. The quantitative estimate of drug-likeness (QED) is 0.801. The van der Waals surface area contributed by atoms with E-state index in [0.29, 0.717) is 6.54 Å². The van der Waals surface area contributed by atoms with Gasteiger partial charge >= 0.3 is 0 Å². The van der Waals surface area contributed by atoms with Crippen molar-refractivity contribution in [1.82, 2.24) is 19.3 Å². The Morgan fingerprint density at radius 3 is 2.83 bits per heavy atom. The van der Waals surface area contributed by atoms with Gasteiger partial charge in [-0.05, 0) is 20.8 Å². The molecule has 7 heteroatoms. The fourth-order valence-electron chi connectivity index (χ4n) is 2.54. The van der Waals surface area contributed by atoms with Crippen LogP contribution in [0.15, 0.2) is 23.3 Å². The molecule has 0 unspecified atom stereocenters. The van der Waals surface area contributed by atoms with Gasteiger partial charge in [0.1, 0.15) is 5.56 Å². The van der Waals surface area contributed by atoms with Crippen molar-refractivity contribution in [2.75, 3.05) is 7.05 Å². The summed E-state index contributed by atoms with van der Waals surface area (Å²) in [6.45, 7) is 6.14. The van der Waals surface area contributed by atoms with E-state index in [1.165, 1.54) is 12.3 Å². The second kappa shape index (κ2) is 5.66. The van der Waals surface area contributed by atoms with Crippen molar-refractivity contribution in [1.29, 1.82) is 0 Å². The lowest BCUT2D eigenvalue weighted by Crippen LogP contribution is -2.31. The smallest absolute Gasteiger partial charge is 0.259 e. The highest BCUT2D eigenvalue weighted by Gasteiger charge is 2.19. The Hall–Kier alpha value is -2.41. The van der Waals surface area contributed by atoms with Crippen molar-refractivity contribution >= 4 is 22.2 Å². The molecular weight excluding hydrogens is 312 g/mol. The molecular formula is C16H18N4O2S. The first-order valence-electron chi connectivity index (χ1n) is 7.25. The van der Waals surface area contributed by atoms with Crippen LogP contribution in [0.2, 0.25) is 0 Å². The van der Waals surface area contributed by atoms with Gasteiger partial charge in [-0.25, -0.2) is 4.98 Å². The van der Waals surface area contributed by atoms with E-state index in [4.69, 9.17) is 0 Å². The summed E-state index contributed by atoms with van der Waals surface area (Å²) in [5.41, 5.74) is 2.48. The fourth-order valence-corrected chi connectivity index (χ4v) is 3.43. The van der Waals surface area contributed by atoms with E-state index in [9.17, 15) is 9.59 Å². The molecule has 1 amide bonds. The predicted molar refractivity (Wildman–Crippen MR) is 90.1 cm³/mol. The zero-order chi connectivity index (χ0) is 16.7. The Labute approximate surface area is 137 Å². The molecule has 3 aromatic rings. The van der Waals surface area contributed by atoms with Gasteiger partial charge in [0, 0.05) is 36.1 Å². The van der Waals surface area contributed by atoms with Crippen molar-refractivity contribution in [3.63, 3.8) is 0 Å². The summed E-state index contributed by atoms with van der Waals surface area (Å²) >= 11 is 1.62. The van der Waals surface area contributed by atoms with Crippen LogP contribution >= 0.6 is 11.3 Å². The van der Waals surface area contributed by atoms with Gasteiger partial charge in [-0.3, -0.25) is 14.0 Å². The van der Waals surface area contributed by atoms with Crippen LogP contribution < -0.4 is 5.43 Å². The van der Waals surface area contributed by atoms with Gasteiger partial charge in [-0.1, -0.05) is 0 Å². The van der Waals surface area contributed by atoms with Crippen molar-refractivity contribution in [2.45, 2.75) is 27.3 Å². The highest BCUT2D eigenvalue weighted by molar-refractivity contribution is 7.17. The number of hydrogen-bond acceptors (Lipinski definition) is 4. The highest BCUT2D eigenvalue weighted by atomic mass is 32.1. The molecule has 0 saturated carbocycles. The minimum absolute atomic E-state index is 0.151. The summed E-state index contributed by atoms with van der Waals surface area (Å²) < 4.78 is 2.01. The molecule has 23 heavy (non-hydrogen) atoms. The van der Waals surface area contributed by atoms with Crippen LogP contribution in [0, 0.1) is 20.8 Å². The number of imidazole rings is 1. The number of carbonyl (C=O) groups excluding carboxylic acids is 1. The minimum Gasteiger partial charge on any atom is -0.364 e. The van der Waals surface area contributed by atoms with Gasteiger partial charge in [0.2, 0.25) is 0 Å². The molecule has 1 N–H and O–H groups in total. The lowest BCUT2D eigenvalue weighted by Gasteiger charge is -2.17. The average molecular weight is 330 g/mol. The van der Waals surface area contributed by atoms with E-state index in [1.54, 1.807) is 30.2 Å². The average Bonchev–Trinajstić information content (AvgIpc) is 2.95. The maximum atomic E-state index is 12.5. The van der Waals surface area contributed by atoms with Crippen LogP contribution in [0.1, 0.15) is 32.3 Å². The molecule has 0 aromatic carbocycles. The van der Waals surface area contributed by atoms with E-state index in [2.05, 4.69) is 9.97 Å². The second-order valence-corrected chi connectivity index (χ2v) is 6.91. The third kappa shape index (κ3) is 2.79. The number of nitrogens with zero attached hydrogens (tertiary/aromatic N) is 3. The standard InChI is InChI=1S/C16H18N4O2S/c1-9-5-14(21)12(6-17-9)15(22)19(4)8-13-11(3)18-16-20(13)7-10(2)23-16/h5-7H,8H2,1-4H3,(H,17,21). The Kier molecular flexibility index (Phi) is 3.81. The molecule has 0 fully saturated rings. The van der Waals surface area contributed by atoms with Gasteiger partial charge in [0.15, 0.2) is 10.4 Å². The Bertz CT molecular complexity index is 951. The maximum absolute atomic E-state index is 12.5. The van der Waals surface area contributed by atoms with Gasteiger partial charge in [0.05, 0.1) is 17.9 Å². The van der Waals surface area contributed by atoms with E-state index >= 15 is 0 Å². The number of aryl methyl sites for hydroxylation is 3. The molecule has 3 heterocycles. The molecule has 0 aliphatic carbocycles. The number of thiazole rings is 1. The number of H-pyrrole nitrogens is 1. The molecule has 0 bridgehead atoms. The van der Waals surface area contributed by atoms with Crippen molar-refractivity contribution < 1.29 is 4.79 Å². The van der Waals surface area contributed by atoms with E-state index < -0.39 is 0 Å². The zero-order valence-electron chi connectivity index (χ0n) is 13.5. The molecule has 0 radical (unpaired) electrons. The van der Waals surface area contributed by atoms with E-state index in [-0.39, 0.29) is 16.9 Å². The SMILES string of the molecule is Cc1cc(=O)c(C(=O)N(C)Cc2c(C)nc3sc(C)cn23)c[nH]1. The molecule has 3 rings (SSSR count). The number of pyridine rings is 1. The fraction of sp³-hybridized carbons (Fsp3) is 0.312. The zero-order valence-corrected chi connectivity index (χ0v) is 14.3. The summed E-state index contributed by atoms with van der Waals surface area (Å²) in [6.07, 6.45) is 3.50. The number of fused-ring (bicyclic) bond motifs is 1. The van der Waals surface area contributed by atoms with Crippen molar-refractivity contribution in [2.24, 2.45) is 0 Å². The Balaban J connectivity index is 1.90. The van der Waals surface area contributed by atoms with Gasteiger partial charge in [0.25, 0.3) is 5.91 Å². The van der Waals surface area contributed by atoms with Crippen molar-refractivity contribution in [3.05, 3.63) is 56.2 Å². The number of amides is 1. The monoisotopic (exact) mass is 330 g/mol. The van der Waals surface area contributed by atoms with Crippen LogP contribution in [-0.2, 0) is 6.54 Å². The number of rotatable bonds is 3.